The molecule has 2 heterocycles. The summed E-state index contributed by atoms with van der Waals surface area (Å²) < 4.78 is 28.3. The van der Waals surface area contributed by atoms with Gasteiger partial charge < -0.3 is 9.64 Å². The second kappa shape index (κ2) is 6.06. The van der Waals surface area contributed by atoms with Crippen molar-refractivity contribution in [3.63, 3.8) is 0 Å². The molecule has 0 radical (unpaired) electrons. The van der Waals surface area contributed by atoms with Crippen LogP contribution in [0.4, 0.5) is 0 Å². The molecule has 0 spiro atoms. The number of carbonyl (C=O) groups is 2. The van der Waals surface area contributed by atoms with Gasteiger partial charge in [0.25, 0.3) is 5.91 Å². The van der Waals surface area contributed by atoms with Crippen molar-refractivity contribution >= 4 is 21.7 Å². The smallest absolute Gasteiger partial charge is 0.274 e. The highest BCUT2D eigenvalue weighted by atomic mass is 32.2. The van der Waals surface area contributed by atoms with Gasteiger partial charge in [0.2, 0.25) is 5.91 Å². The van der Waals surface area contributed by atoms with Crippen LogP contribution in [0.5, 0.6) is 5.75 Å². The summed E-state index contributed by atoms with van der Waals surface area (Å²) in [4.78, 5) is 25.7. The first-order valence-corrected chi connectivity index (χ1v) is 9.34. The third-order valence-corrected chi connectivity index (χ3v) is 6.15. The Bertz CT molecular complexity index is 779. The van der Waals surface area contributed by atoms with Gasteiger partial charge in [0.05, 0.1) is 23.5 Å². The molecule has 0 saturated carbocycles. The average molecular weight is 354 g/mol. The van der Waals surface area contributed by atoms with Crippen molar-refractivity contribution < 1.29 is 28.0 Å². The lowest BCUT2D eigenvalue weighted by Gasteiger charge is -2.33. The Hall–Kier alpha value is -2.13. The molecule has 8 nitrogen and oxygen atoms in total. The summed E-state index contributed by atoms with van der Waals surface area (Å²) >= 11 is 0. The highest BCUT2D eigenvalue weighted by Crippen LogP contribution is 2.29. The second-order valence-electron chi connectivity index (χ2n) is 6.16. The van der Waals surface area contributed by atoms with Crippen LogP contribution in [0.3, 0.4) is 0 Å². The van der Waals surface area contributed by atoms with Crippen LogP contribution in [0.1, 0.15) is 22.8 Å². The number of sulfone groups is 1. The Labute approximate surface area is 139 Å². The summed E-state index contributed by atoms with van der Waals surface area (Å²) in [6.45, 7) is 2.35. The Balaban J connectivity index is 1.82. The van der Waals surface area contributed by atoms with E-state index >= 15 is 0 Å². The van der Waals surface area contributed by atoms with Gasteiger partial charge >= 0.3 is 0 Å². The normalized spacial score (nSPS) is 22.6. The number of hydrogen-bond acceptors (Lipinski definition) is 6. The fraction of sp³-hybridized carbons (Fsp3) is 0.467. The predicted molar refractivity (Wildman–Crippen MR) is 83.3 cm³/mol. The zero-order valence-electron chi connectivity index (χ0n) is 13.1. The maximum absolute atomic E-state index is 12.6. The highest BCUT2D eigenvalue weighted by Gasteiger charge is 2.42. The van der Waals surface area contributed by atoms with Crippen LogP contribution >= 0.6 is 0 Å². The van der Waals surface area contributed by atoms with Crippen molar-refractivity contribution in [2.45, 2.75) is 19.5 Å². The van der Waals surface area contributed by atoms with E-state index in [0.29, 0.717) is 5.75 Å². The molecular formula is C15H18N2O6S. The van der Waals surface area contributed by atoms with Gasteiger partial charge in [0, 0.05) is 17.7 Å². The van der Waals surface area contributed by atoms with Crippen molar-refractivity contribution in [3.8, 4) is 5.75 Å². The molecule has 3 rings (SSSR count). The van der Waals surface area contributed by atoms with Gasteiger partial charge in [-0.3, -0.25) is 14.8 Å². The van der Waals surface area contributed by atoms with E-state index in [1.807, 2.05) is 6.92 Å². The number of amides is 2. The van der Waals surface area contributed by atoms with Crippen molar-refractivity contribution in [3.05, 3.63) is 29.3 Å². The molecule has 0 aliphatic carbocycles. The van der Waals surface area contributed by atoms with Gasteiger partial charge in [0.15, 0.2) is 9.84 Å². The number of hydroxylamine groups is 1. The topological polar surface area (TPSA) is 113 Å². The summed E-state index contributed by atoms with van der Waals surface area (Å²) in [7, 11) is -3.07. The molecule has 1 aromatic carbocycles. The van der Waals surface area contributed by atoms with E-state index in [0.717, 1.165) is 5.56 Å². The Kier molecular flexibility index (Phi) is 4.22. The number of hydrogen-bond donors (Lipinski definition) is 2. The minimum Gasteiger partial charge on any atom is -0.491 e. The largest absolute Gasteiger partial charge is 0.491 e. The van der Waals surface area contributed by atoms with Crippen LogP contribution in [0.2, 0.25) is 0 Å². The van der Waals surface area contributed by atoms with Crippen molar-refractivity contribution in [2.75, 3.05) is 18.1 Å². The van der Waals surface area contributed by atoms with E-state index in [-0.39, 0.29) is 42.2 Å². The number of fused-ring (bicyclic) bond motifs is 1. The summed E-state index contributed by atoms with van der Waals surface area (Å²) in [6.07, 6.45) is 0. The molecular weight excluding hydrogens is 336 g/mol. The summed E-state index contributed by atoms with van der Waals surface area (Å²) in [5.41, 5.74) is 2.53. The Morgan fingerprint density at radius 2 is 2.04 bits per heavy atom. The number of rotatable bonds is 2. The summed E-state index contributed by atoms with van der Waals surface area (Å²) in [5, 5.41) is 8.70. The van der Waals surface area contributed by atoms with Crippen LogP contribution in [0, 0.1) is 5.92 Å². The molecule has 0 aromatic heterocycles. The zero-order valence-corrected chi connectivity index (χ0v) is 13.9. The first-order valence-electron chi connectivity index (χ1n) is 7.52. The molecule has 2 N–H and O–H groups in total. The molecule has 0 unspecified atom stereocenters. The predicted octanol–water partition coefficient (Wildman–Crippen LogP) is -0.0403. The number of ether oxygens (including phenoxy) is 1. The fourth-order valence-electron chi connectivity index (χ4n) is 2.90. The quantitative estimate of drug-likeness (QED) is 0.569. The molecule has 1 saturated heterocycles. The second-order valence-corrected chi connectivity index (χ2v) is 8.32. The van der Waals surface area contributed by atoms with Gasteiger partial charge in [0.1, 0.15) is 12.4 Å². The van der Waals surface area contributed by atoms with Crippen molar-refractivity contribution in [2.24, 2.45) is 5.92 Å². The zero-order chi connectivity index (χ0) is 17.5. The van der Waals surface area contributed by atoms with Gasteiger partial charge in [-0.2, -0.15) is 0 Å². The standard InChI is InChI=1S/C15H18N2O6S/c1-9-6-23-13-4-10(14(18)16-20)2-3-11(13)5-17(9)15(19)12-7-24(21,22)8-12/h2-4,9,12,20H,5-8H2,1H3,(H,16,18)/t9-/m0/s1. The molecule has 130 valence electrons. The van der Waals surface area contributed by atoms with Gasteiger partial charge in [-0.05, 0) is 19.1 Å². The Morgan fingerprint density at radius 1 is 1.33 bits per heavy atom. The SMILES string of the molecule is C[C@H]1COc2cc(C(=O)NO)ccc2CN1C(=O)C1CS(=O)(=O)C1. The lowest BCUT2D eigenvalue weighted by atomic mass is 10.1. The molecule has 1 atom stereocenters. The molecule has 2 amide bonds. The first kappa shape index (κ1) is 16.7. The number of nitrogens with zero attached hydrogens (tertiary/aromatic N) is 1. The molecule has 1 aromatic rings. The van der Waals surface area contributed by atoms with E-state index in [1.54, 1.807) is 16.4 Å². The number of benzene rings is 1. The van der Waals surface area contributed by atoms with Gasteiger partial charge in [-0.15, -0.1) is 0 Å². The third-order valence-electron chi connectivity index (χ3n) is 4.33. The molecule has 0 bridgehead atoms. The van der Waals surface area contributed by atoms with Gasteiger partial charge in [-0.1, -0.05) is 6.07 Å². The third kappa shape index (κ3) is 3.09. The maximum Gasteiger partial charge on any atom is 0.274 e. The van der Waals surface area contributed by atoms with Crippen LogP contribution in [0.15, 0.2) is 18.2 Å². The summed E-state index contributed by atoms with van der Waals surface area (Å²) in [5.74, 6) is -1.05. The van der Waals surface area contributed by atoms with Crippen LogP contribution in [-0.2, 0) is 21.2 Å². The van der Waals surface area contributed by atoms with Crippen molar-refractivity contribution in [1.29, 1.82) is 0 Å². The molecule has 9 heteroatoms. The van der Waals surface area contributed by atoms with Gasteiger partial charge in [-0.25, -0.2) is 13.9 Å². The number of carbonyl (C=O) groups excluding carboxylic acids is 2. The van der Waals surface area contributed by atoms with Crippen LogP contribution < -0.4 is 10.2 Å². The molecule has 24 heavy (non-hydrogen) atoms. The molecule has 2 aliphatic heterocycles. The van der Waals surface area contributed by atoms with E-state index in [1.165, 1.54) is 12.1 Å². The minimum absolute atomic E-state index is 0.0988. The van der Waals surface area contributed by atoms with E-state index in [4.69, 9.17) is 9.94 Å². The number of nitrogens with one attached hydrogen (secondary N) is 1. The maximum atomic E-state index is 12.6. The summed E-state index contributed by atoms with van der Waals surface area (Å²) in [6, 6.07) is 4.48. The minimum atomic E-state index is -3.07. The van der Waals surface area contributed by atoms with E-state index in [9.17, 15) is 18.0 Å². The first-order chi connectivity index (χ1) is 11.3. The highest BCUT2D eigenvalue weighted by molar-refractivity contribution is 7.92. The average Bonchev–Trinajstić information content (AvgIpc) is 2.70. The fourth-order valence-corrected chi connectivity index (χ4v) is 4.32. The Morgan fingerprint density at radius 3 is 2.67 bits per heavy atom. The van der Waals surface area contributed by atoms with Crippen LogP contribution in [-0.4, -0.2) is 54.5 Å². The van der Waals surface area contributed by atoms with Crippen LogP contribution in [0.25, 0.3) is 0 Å². The lowest BCUT2D eigenvalue weighted by molar-refractivity contribution is -0.137. The monoisotopic (exact) mass is 354 g/mol. The lowest BCUT2D eigenvalue weighted by Crippen LogP contribution is -2.51. The molecule has 2 aliphatic rings. The van der Waals surface area contributed by atoms with E-state index in [2.05, 4.69) is 0 Å². The van der Waals surface area contributed by atoms with E-state index < -0.39 is 21.7 Å². The molecule has 1 fully saturated rings. The van der Waals surface area contributed by atoms with Crippen molar-refractivity contribution in [1.82, 2.24) is 10.4 Å².